The minimum absolute atomic E-state index is 0.300. The van der Waals surface area contributed by atoms with E-state index in [1.165, 1.54) is 6.08 Å². The highest BCUT2D eigenvalue weighted by molar-refractivity contribution is 5.85. The molecular formula is C12H18O4. The Morgan fingerprint density at radius 3 is 2.50 bits per heavy atom. The van der Waals surface area contributed by atoms with Crippen LogP contribution in [0, 0.1) is 0 Å². The summed E-state index contributed by atoms with van der Waals surface area (Å²) in [7, 11) is 0. The van der Waals surface area contributed by atoms with Gasteiger partial charge in [0.2, 0.25) is 5.79 Å². The lowest BCUT2D eigenvalue weighted by Gasteiger charge is -2.40. The molecule has 4 heteroatoms. The fourth-order valence-electron chi connectivity index (χ4n) is 2.67. The second kappa shape index (κ2) is 4.18. The minimum Gasteiger partial charge on any atom is -0.446 e. The second-order valence-corrected chi connectivity index (χ2v) is 4.12. The van der Waals surface area contributed by atoms with Crippen molar-refractivity contribution in [1.82, 2.24) is 0 Å². The van der Waals surface area contributed by atoms with Gasteiger partial charge in [-0.2, -0.15) is 0 Å². The number of ether oxygens (including phenoxy) is 3. The van der Waals surface area contributed by atoms with Crippen molar-refractivity contribution in [3.63, 3.8) is 0 Å². The average Bonchev–Trinajstić information content (AvgIpc) is 2.76. The third-order valence-corrected chi connectivity index (χ3v) is 3.23. The van der Waals surface area contributed by atoms with Crippen molar-refractivity contribution in [3.05, 3.63) is 12.2 Å². The van der Waals surface area contributed by atoms with Gasteiger partial charge in [-0.1, -0.05) is 0 Å². The van der Waals surface area contributed by atoms with Gasteiger partial charge in [0.1, 0.15) is 0 Å². The van der Waals surface area contributed by atoms with Gasteiger partial charge in [-0.15, -0.1) is 0 Å². The van der Waals surface area contributed by atoms with Crippen LogP contribution >= 0.6 is 0 Å². The maximum absolute atomic E-state index is 11.3. The van der Waals surface area contributed by atoms with Crippen LogP contribution in [0.15, 0.2) is 12.2 Å². The van der Waals surface area contributed by atoms with Crippen molar-refractivity contribution >= 4 is 5.97 Å². The summed E-state index contributed by atoms with van der Waals surface area (Å²) in [5.41, 5.74) is -0.698. The van der Waals surface area contributed by atoms with Crippen LogP contribution in [0.5, 0.6) is 0 Å². The molecule has 0 aromatic carbocycles. The Kier molecular flexibility index (Phi) is 3.04. The van der Waals surface area contributed by atoms with E-state index in [-0.39, 0.29) is 5.97 Å². The topological polar surface area (TPSA) is 44.8 Å². The summed E-state index contributed by atoms with van der Waals surface area (Å²) >= 11 is 0. The van der Waals surface area contributed by atoms with Gasteiger partial charge in [-0.05, 0) is 32.8 Å². The SMILES string of the molecule is CCOC1(OCC)CCCC12C=CC(=O)O2. The van der Waals surface area contributed by atoms with Crippen LogP contribution < -0.4 is 0 Å². The lowest BCUT2D eigenvalue weighted by molar-refractivity contribution is -0.292. The molecule has 0 N–H and O–H groups in total. The Morgan fingerprint density at radius 2 is 2.00 bits per heavy atom. The predicted molar refractivity (Wildman–Crippen MR) is 57.8 cm³/mol. The Labute approximate surface area is 95.6 Å². The van der Waals surface area contributed by atoms with E-state index < -0.39 is 11.4 Å². The van der Waals surface area contributed by atoms with E-state index in [1.807, 2.05) is 13.8 Å². The summed E-state index contributed by atoms with van der Waals surface area (Å²) in [4.78, 5) is 11.3. The first-order chi connectivity index (χ1) is 7.68. The third kappa shape index (κ3) is 1.57. The lowest BCUT2D eigenvalue weighted by Crippen LogP contribution is -2.53. The molecule has 1 aliphatic heterocycles. The summed E-state index contributed by atoms with van der Waals surface area (Å²) in [5.74, 6) is -1.08. The molecule has 0 bridgehead atoms. The van der Waals surface area contributed by atoms with Gasteiger partial charge in [0.15, 0.2) is 5.60 Å². The lowest BCUT2D eigenvalue weighted by atomic mass is 9.96. The normalized spacial score (nSPS) is 31.2. The quantitative estimate of drug-likeness (QED) is 0.541. The molecule has 1 spiro atoms. The smallest absolute Gasteiger partial charge is 0.331 e. The van der Waals surface area contributed by atoms with Crippen LogP contribution in [0.2, 0.25) is 0 Å². The molecule has 0 aromatic heterocycles. The Hall–Kier alpha value is -0.870. The van der Waals surface area contributed by atoms with E-state index in [9.17, 15) is 4.79 Å². The molecule has 0 aromatic rings. The standard InChI is InChI=1S/C12H18O4/c1-3-14-12(15-4-2)8-5-7-11(12)9-6-10(13)16-11/h6,9H,3-5,7-8H2,1-2H3. The minimum atomic E-state index is -0.779. The molecule has 0 saturated heterocycles. The first kappa shape index (κ1) is 11.6. The molecule has 0 radical (unpaired) electrons. The van der Waals surface area contributed by atoms with Crippen LogP contribution in [0.4, 0.5) is 0 Å². The average molecular weight is 226 g/mol. The van der Waals surface area contributed by atoms with Crippen LogP contribution in [0.1, 0.15) is 33.1 Å². The largest absolute Gasteiger partial charge is 0.446 e. The Balaban J connectivity index is 2.28. The van der Waals surface area contributed by atoms with Crippen molar-refractivity contribution in [3.8, 4) is 0 Å². The van der Waals surface area contributed by atoms with E-state index in [0.717, 1.165) is 19.3 Å². The molecule has 1 unspecified atom stereocenters. The van der Waals surface area contributed by atoms with Crippen molar-refractivity contribution in [2.75, 3.05) is 13.2 Å². The van der Waals surface area contributed by atoms with E-state index >= 15 is 0 Å². The number of rotatable bonds is 4. The van der Waals surface area contributed by atoms with Crippen LogP contribution in [0.3, 0.4) is 0 Å². The molecule has 2 aliphatic rings. The predicted octanol–water partition coefficient (Wildman–Crippen LogP) is 1.79. The van der Waals surface area contributed by atoms with E-state index in [4.69, 9.17) is 14.2 Å². The zero-order valence-electron chi connectivity index (χ0n) is 9.82. The highest BCUT2D eigenvalue weighted by Crippen LogP contribution is 2.48. The van der Waals surface area contributed by atoms with Crippen LogP contribution in [-0.2, 0) is 19.0 Å². The fourth-order valence-corrected chi connectivity index (χ4v) is 2.67. The van der Waals surface area contributed by atoms with E-state index in [2.05, 4.69) is 0 Å². The number of hydrogen-bond acceptors (Lipinski definition) is 4. The van der Waals surface area contributed by atoms with Gasteiger partial charge in [-0.3, -0.25) is 0 Å². The molecule has 90 valence electrons. The Bertz CT molecular complexity index is 304. The van der Waals surface area contributed by atoms with Crippen LogP contribution in [-0.4, -0.2) is 30.6 Å². The zero-order chi connectivity index (χ0) is 11.6. The first-order valence-electron chi connectivity index (χ1n) is 5.88. The van der Waals surface area contributed by atoms with Crippen molar-refractivity contribution in [2.24, 2.45) is 0 Å². The monoisotopic (exact) mass is 226 g/mol. The first-order valence-corrected chi connectivity index (χ1v) is 5.88. The van der Waals surface area contributed by atoms with Gasteiger partial charge in [-0.25, -0.2) is 4.79 Å². The number of carbonyl (C=O) groups is 1. The number of carbonyl (C=O) groups excluding carboxylic acids is 1. The van der Waals surface area contributed by atoms with Crippen molar-refractivity contribution in [2.45, 2.75) is 44.5 Å². The zero-order valence-corrected chi connectivity index (χ0v) is 9.82. The van der Waals surface area contributed by atoms with Crippen LogP contribution in [0.25, 0.3) is 0 Å². The summed E-state index contributed by atoms with van der Waals surface area (Å²) in [5, 5.41) is 0. The molecule has 1 saturated carbocycles. The third-order valence-electron chi connectivity index (χ3n) is 3.23. The Morgan fingerprint density at radius 1 is 1.31 bits per heavy atom. The summed E-state index contributed by atoms with van der Waals surface area (Å²) in [6, 6.07) is 0. The summed E-state index contributed by atoms with van der Waals surface area (Å²) in [6.07, 6.45) is 5.75. The molecule has 1 fully saturated rings. The van der Waals surface area contributed by atoms with Crippen molar-refractivity contribution in [1.29, 1.82) is 0 Å². The van der Waals surface area contributed by atoms with E-state index in [0.29, 0.717) is 13.2 Å². The van der Waals surface area contributed by atoms with Gasteiger partial charge in [0, 0.05) is 25.7 Å². The maximum atomic E-state index is 11.3. The van der Waals surface area contributed by atoms with Gasteiger partial charge >= 0.3 is 5.97 Å². The summed E-state index contributed by atoms with van der Waals surface area (Å²) in [6.45, 7) is 4.95. The highest BCUT2D eigenvalue weighted by atomic mass is 16.7. The van der Waals surface area contributed by atoms with Gasteiger partial charge in [0.25, 0.3) is 0 Å². The maximum Gasteiger partial charge on any atom is 0.331 e. The molecular weight excluding hydrogens is 208 g/mol. The molecule has 1 atom stereocenters. The second-order valence-electron chi connectivity index (χ2n) is 4.12. The fraction of sp³-hybridized carbons (Fsp3) is 0.750. The molecule has 16 heavy (non-hydrogen) atoms. The number of hydrogen-bond donors (Lipinski definition) is 0. The molecule has 2 rings (SSSR count). The van der Waals surface area contributed by atoms with Gasteiger partial charge < -0.3 is 14.2 Å². The summed E-state index contributed by atoms with van der Waals surface area (Å²) < 4.78 is 17.0. The van der Waals surface area contributed by atoms with Gasteiger partial charge in [0.05, 0.1) is 0 Å². The molecule has 0 amide bonds. The highest BCUT2D eigenvalue weighted by Gasteiger charge is 2.60. The molecule has 1 aliphatic carbocycles. The molecule has 1 heterocycles. The number of esters is 1. The van der Waals surface area contributed by atoms with E-state index in [1.54, 1.807) is 6.08 Å². The van der Waals surface area contributed by atoms with Crippen molar-refractivity contribution < 1.29 is 19.0 Å². The molecule has 4 nitrogen and oxygen atoms in total.